The fourth-order valence-corrected chi connectivity index (χ4v) is 3.91. The Balaban J connectivity index is 1.91. The minimum absolute atomic E-state index is 0.101. The Labute approximate surface area is 149 Å². The molecule has 3 heterocycles. The second-order valence-electron chi connectivity index (χ2n) is 7.14. The minimum Gasteiger partial charge on any atom is -0.351 e. The molecule has 1 aromatic heterocycles. The maximum absolute atomic E-state index is 11.9. The summed E-state index contributed by atoms with van der Waals surface area (Å²) < 4.78 is 0. The Morgan fingerprint density at radius 1 is 0.720 bits per heavy atom. The van der Waals surface area contributed by atoms with E-state index in [2.05, 4.69) is 19.8 Å². The van der Waals surface area contributed by atoms with Gasteiger partial charge in [-0.3, -0.25) is 10.1 Å². The number of aromatic nitrogens is 2. The van der Waals surface area contributed by atoms with E-state index in [1.165, 1.54) is 44.9 Å². The molecule has 7 heteroatoms. The van der Waals surface area contributed by atoms with Crippen LogP contribution in [0.1, 0.15) is 64.2 Å². The van der Waals surface area contributed by atoms with E-state index in [1.807, 2.05) is 0 Å². The molecule has 0 spiro atoms. The summed E-state index contributed by atoms with van der Waals surface area (Å²) in [5, 5.41) is 11.9. The predicted octanol–water partition coefficient (Wildman–Crippen LogP) is 3.93. The van der Waals surface area contributed by atoms with Crippen LogP contribution in [-0.2, 0) is 0 Å². The zero-order chi connectivity index (χ0) is 17.5. The first kappa shape index (κ1) is 17.9. The lowest BCUT2D eigenvalue weighted by molar-refractivity contribution is -0.383. The van der Waals surface area contributed by atoms with Crippen molar-refractivity contribution in [1.29, 1.82) is 0 Å². The molecule has 0 amide bonds. The lowest BCUT2D eigenvalue weighted by Crippen LogP contribution is -2.32. The SMILES string of the molecule is O=[N+]([O-])c1c(N2CCCCCCC2)ncnc1N1CCCCCCC1. The van der Waals surface area contributed by atoms with Crippen LogP contribution in [0.3, 0.4) is 0 Å². The van der Waals surface area contributed by atoms with Crippen LogP contribution in [0.2, 0.25) is 0 Å². The fraction of sp³-hybridized carbons (Fsp3) is 0.778. The highest BCUT2D eigenvalue weighted by Gasteiger charge is 2.30. The first-order chi connectivity index (χ1) is 12.3. The summed E-state index contributed by atoms with van der Waals surface area (Å²) in [6.45, 7) is 3.38. The van der Waals surface area contributed by atoms with Crippen LogP contribution >= 0.6 is 0 Å². The van der Waals surface area contributed by atoms with Crippen LogP contribution in [0, 0.1) is 10.1 Å². The molecule has 2 fully saturated rings. The van der Waals surface area contributed by atoms with E-state index < -0.39 is 0 Å². The molecule has 0 aromatic carbocycles. The Morgan fingerprint density at radius 2 is 1.08 bits per heavy atom. The first-order valence-electron chi connectivity index (χ1n) is 9.76. The van der Waals surface area contributed by atoms with Crippen molar-refractivity contribution in [3.8, 4) is 0 Å². The standard InChI is InChI=1S/C18H29N5O2/c24-23(25)16-17(21-11-7-3-1-4-8-12-21)19-15-20-18(16)22-13-9-5-2-6-10-14-22/h15H,1-14H2. The van der Waals surface area contributed by atoms with Crippen molar-refractivity contribution in [3.05, 3.63) is 16.4 Å². The van der Waals surface area contributed by atoms with Gasteiger partial charge in [0, 0.05) is 26.2 Å². The van der Waals surface area contributed by atoms with Crippen LogP contribution < -0.4 is 9.80 Å². The molecule has 2 aliphatic rings. The molecule has 0 aliphatic carbocycles. The van der Waals surface area contributed by atoms with Gasteiger partial charge in [-0.05, 0) is 25.7 Å². The van der Waals surface area contributed by atoms with E-state index in [9.17, 15) is 10.1 Å². The van der Waals surface area contributed by atoms with Crippen molar-refractivity contribution in [3.63, 3.8) is 0 Å². The molecule has 0 saturated carbocycles. The van der Waals surface area contributed by atoms with E-state index in [0.717, 1.165) is 51.9 Å². The molecule has 0 bridgehead atoms. The Hall–Kier alpha value is -1.92. The third-order valence-corrected chi connectivity index (χ3v) is 5.28. The number of nitrogens with zero attached hydrogens (tertiary/aromatic N) is 5. The van der Waals surface area contributed by atoms with Crippen LogP contribution in [0.25, 0.3) is 0 Å². The van der Waals surface area contributed by atoms with Gasteiger partial charge < -0.3 is 9.80 Å². The normalized spacial score (nSPS) is 20.3. The topological polar surface area (TPSA) is 75.4 Å². The summed E-state index contributed by atoms with van der Waals surface area (Å²) in [5.74, 6) is 1.03. The summed E-state index contributed by atoms with van der Waals surface area (Å²) in [7, 11) is 0. The van der Waals surface area contributed by atoms with Crippen LogP contribution in [0.15, 0.2) is 6.33 Å². The highest BCUT2D eigenvalue weighted by atomic mass is 16.6. The molecule has 138 valence electrons. The average Bonchev–Trinajstić information content (AvgIpc) is 2.53. The summed E-state index contributed by atoms with van der Waals surface area (Å²) in [4.78, 5) is 24.5. The van der Waals surface area contributed by atoms with Gasteiger partial charge in [0.1, 0.15) is 6.33 Å². The molecule has 0 radical (unpaired) electrons. The third-order valence-electron chi connectivity index (χ3n) is 5.28. The number of rotatable bonds is 3. The van der Waals surface area contributed by atoms with Gasteiger partial charge in [-0.1, -0.05) is 38.5 Å². The van der Waals surface area contributed by atoms with Crippen molar-refractivity contribution in [1.82, 2.24) is 9.97 Å². The molecule has 7 nitrogen and oxygen atoms in total. The van der Waals surface area contributed by atoms with Crippen molar-refractivity contribution < 1.29 is 4.92 Å². The van der Waals surface area contributed by atoms with Gasteiger partial charge in [0.2, 0.25) is 11.6 Å². The molecular weight excluding hydrogens is 318 g/mol. The number of hydrogen-bond acceptors (Lipinski definition) is 6. The number of nitro groups is 1. The molecule has 25 heavy (non-hydrogen) atoms. The molecule has 1 aromatic rings. The Morgan fingerprint density at radius 3 is 1.44 bits per heavy atom. The lowest BCUT2D eigenvalue weighted by atomic mass is 10.1. The molecule has 0 N–H and O–H groups in total. The van der Waals surface area contributed by atoms with Crippen molar-refractivity contribution in [2.75, 3.05) is 36.0 Å². The Bertz CT molecular complexity index is 524. The quantitative estimate of drug-likeness (QED) is 0.609. The van der Waals surface area contributed by atoms with E-state index in [1.54, 1.807) is 0 Å². The smallest absolute Gasteiger partial charge is 0.351 e. The second-order valence-corrected chi connectivity index (χ2v) is 7.14. The number of hydrogen-bond donors (Lipinski definition) is 0. The van der Waals surface area contributed by atoms with E-state index in [4.69, 9.17) is 0 Å². The van der Waals surface area contributed by atoms with Crippen molar-refractivity contribution in [2.45, 2.75) is 64.2 Å². The number of anilines is 2. The largest absolute Gasteiger partial charge is 0.353 e. The maximum Gasteiger partial charge on any atom is 0.353 e. The van der Waals surface area contributed by atoms with E-state index in [0.29, 0.717) is 11.6 Å². The molecule has 0 atom stereocenters. The van der Waals surface area contributed by atoms with E-state index in [-0.39, 0.29) is 10.6 Å². The molecular formula is C18H29N5O2. The van der Waals surface area contributed by atoms with Gasteiger partial charge in [0.15, 0.2) is 0 Å². The van der Waals surface area contributed by atoms with Crippen molar-refractivity contribution in [2.24, 2.45) is 0 Å². The molecule has 3 rings (SSSR count). The summed E-state index contributed by atoms with van der Waals surface area (Å²) in [6.07, 6.45) is 13.1. The third kappa shape index (κ3) is 4.58. The summed E-state index contributed by atoms with van der Waals surface area (Å²) >= 11 is 0. The fourth-order valence-electron chi connectivity index (χ4n) is 3.91. The average molecular weight is 347 g/mol. The lowest BCUT2D eigenvalue weighted by Gasteiger charge is -2.28. The van der Waals surface area contributed by atoms with Crippen LogP contribution in [-0.4, -0.2) is 41.1 Å². The van der Waals surface area contributed by atoms with Crippen LogP contribution in [0.5, 0.6) is 0 Å². The van der Waals surface area contributed by atoms with Gasteiger partial charge in [-0.2, -0.15) is 0 Å². The molecule has 2 saturated heterocycles. The highest BCUT2D eigenvalue weighted by Crippen LogP contribution is 2.35. The van der Waals surface area contributed by atoms with E-state index >= 15 is 0 Å². The van der Waals surface area contributed by atoms with Gasteiger partial charge in [-0.25, -0.2) is 9.97 Å². The summed E-state index contributed by atoms with van der Waals surface area (Å²) in [6, 6.07) is 0. The van der Waals surface area contributed by atoms with Gasteiger partial charge >= 0.3 is 5.69 Å². The second kappa shape index (κ2) is 8.97. The van der Waals surface area contributed by atoms with Crippen LogP contribution in [0.4, 0.5) is 17.3 Å². The maximum atomic E-state index is 11.9. The predicted molar refractivity (Wildman–Crippen MR) is 99.3 cm³/mol. The Kier molecular flexibility index (Phi) is 6.42. The zero-order valence-corrected chi connectivity index (χ0v) is 15.0. The summed E-state index contributed by atoms with van der Waals surface area (Å²) in [5.41, 5.74) is 0.101. The van der Waals surface area contributed by atoms with Crippen molar-refractivity contribution >= 4 is 17.3 Å². The zero-order valence-electron chi connectivity index (χ0n) is 15.0. The minimum atomic E-state index is -0.276. The van der Waals surface area contributed by atoms with Gasteiger partial charge in [0.25, 0.3) is 0 Å². The highest BCUT2D eigenvalue weighted by molar-refractivity contribution is 5.71. The monoisotopic (exact) mass is 347 g/mol. The van der Waals surface area contributed by atoms with Gasteiger partial charge in [0.05, 0.1) is 4.92 Å². The van der Waals surface area contributed by atoms with Gasteiger partial charge in [-0.15, -0.1) is 0 Å². The first-order valence-corrected chi connectivity index (χ1v) is 9.76. The molecule has 2 aliphatic heterocycles. The molecule has 0 unspecified atom stereocenters.